The summed E-state index contributed by atoms with van der Waals surface area (Å²) >= 11 is 3.60. The summed E-state index contributed by atoms with van der Waals surface area (Å²) in [6.07, 6.45) is 0. The maximum Gasteiger partial charge on any atom is 0.239 e. The molecule has 0 aliphatic carbocycles. The van der Waals surface area contributed by atoms with E-state index in [1.807, 2.05) is 6.92 Å². The average molecular weight is 342 g/mol. The number of hydrogen-bond donors (Lipinski definition) is 2. The molecule has 4 nitrogen and oxygen atoms in total. The third-order valence-electron chi connectivity index (χ3n) is 3.06. The molecule has 1 aromatic carbocycles. The lowest BCUT2D eigenvalue weighted by Gasteiger charge is -2.23. The molecular weight excluding hydrogens is 318 g/mol. The molecule has 0 unspecified atom stereocenters. The zero-order valence-corrected chi connectivity index (χ0v) is 14.1. The van der Waals surface area contributed by atoms with Gasteiger partial charge in [0.2, 0.25) is 5.91 Å². The minimum absolute atomic E-state index is 0.0576. The third kappa shape index (κ3) is 5.13. The Labute approximate surface area is 130 Å². The summed E-state index contributed by atoms with van der Waals surface area (Å²) in [5, 5.41) is 6.14. The molecule has 0 bridgehead atoms. The monoisotopic (exact) mass is 341 g/mol. The molecule has 0 fully saturated rings. The summed E-state index contributed by atoms with van der Waals surface area (Å²) in [4.78, 5) is 13.8. The van der Waals surface area contributed by atoms with Gasteiger partial charge in [-0.2, -0.15) is 0 Å². The van der Waals surface area contributed by atoms with Crippen molar-refractivity contribution in [3.63, 3.8) is 0 Å². The van der Waals surface area contributed by atoms with Gasteiger partial charge in [0.15, 0.2) is 0 Å². The highest BCUT2D eigenvalue weighted by Gasteiger charge is 2.10. The van der Waals surface area contributed by atoms with E-state index in [1.165, 1.54) is 5.56 Å². The van der Waals surface area contributed by atoms with Crippen LogP contribution in [0.4, 0.5) is 5.69 Å². The van der Waals surface area contributed by atoms with Gasteiger partial charge in [0.25, 0.3) is 0 Å². The van der Waals surface area contributed by atoms with E-state index in [1.54, 1.807) is 0 Å². The number of benzene rings is 1. The van der Waals surface area contributed by atoms with Crippen LogP contribution in [0, 0.1) is 0 Å². The van der Waals surface area contributed by atoms with E-state index >= 15 is 0 Å². The van der Waals surface area contributed by atoms with E-state index in [9.17, 15) is 4.79 Å². The first-order valence-corrected chi connectivity index (χ1v) is 7.92. The number of amides is 1. The maximum absolute atomic E-state index is 11.7. The third-order valence-corrected chi connectivity index (χ3v) is 3.80. The summed E-state index contributed by atoms with van der Waals surface area (Å²) < 4.78 is 1.07. The normalized spacial score (nSPS) is 10.4. The van der Waals surface area contributed by atoms with Crippen LogP contribution >= 0.6 is 15.9 Å². The number of carbonyl (C=O) groups is 1. The highest BCUT2D eigenvalue weighted by Crippen LogP contribution is 2.24. The summed E-state index contributed by atoms with van der Waals surface area (Å²) in [6.45, 7) is 9.74. The fourth-order valence-corrected chi connectivity index (χ4v) is 2.45. The largest absolute Gasteiger partial charge is 0.362 e. The molecule has 1 rings (SSSR count). The zero-order valence-electron chi connectivity index (χ0n) is 12.5. The number of rotatable bonds is 8. The number of likely N-dealkylation sites (N-methyl/N-ethyl adjacent to an activating group) is 2. The molecule has 20 heavy (non-hydrogen) atoms. The van der Waals surface area contributed by atoms with Crippen LogP contribution in [0.3, 0.4) is 0 Å². The number of nitrogens with zero attached hydrogens (tertiary/aromatic N) is 1. The van der Waals surface area contributed by atoms with Gasteiger partial charge >= 0.3 is 0 Å². The van der Waals surface area contributed by atoms with Crippen LogP contribution in [-0.2, 0) is 11.3 Å². The Morgan fingerprint density at radius 3 is 2.55 bits per heavy atom. The Kier molecular flexibility index (Phi) is 7.62. The van der Waals surface area contributed by atoms with Crippen molar-refractivity contribution >= 4 is 27.5 Å². The highest BCUT2D eigenvalue weighted by molar-refractivity contribution is 9.10. The molecule has 2 N–H and O–H groups in total. The second-order valence-electron chi connectivity index (χ2n) is 4.52. The van der Waals surface area contributed by atoms with Gasteiger partial charge in [-0.25, -0.2) is 0 Å². The van der Waals surface area contributed by atoms with E-state index in [0.717, 1.165) is 29.8 Å². The van der Waals surface area contributed by atoms with Gasteiger partial charge in [0.05, 0.1) is 6.54 Å². The van der Waals surface area contributed by atoms with Gasteiger partial charge in [-0.3, -0.25) is 4.79 Å². The van der Waals surface area contributed by atoms with Gasteiger partial charge in [-0.15, -0.1) is 0 Å². The second-order valence-corrected chi connectivity index (χ2v) is 5.38. The molecule has 0 aliphatic heterocycles. The van der Waals surface area contributed by atoms with Gasteiger partial charge in [-0.1, -0.05) is 28.9 Å². The van der Waals surface area contributed by atoms with Crippen molar-refractivity contribution in [1.82, 2.24) is 10.6 Å². The van der Waals surface area contributed by atoms with Crippen molar-refractivity contribution in [2.75, 3.05) is 31.1 Å². The molecule has 1 aromatic rings. The van der Waals surface area contributed by atoms with Crippen LogP contribution in [0.2, 0.25) is 0 Å². The van der Waals surface area contributed by atoms with Crippen LogP contribution in [0.5, 0.6) is 0 Å². The Morgan fingerprint density at radius 1 is 1.25 bits per heavy atom. The molecule has 112 valence electrons. The molecule has 5 heteroatoms. The van der Waals surface area contributed by atoms with E-state index in [2.05, 4.69) is 63.5 Å². The van der Waals surface area contributed by atoms with Crippen LogP contribution in [-0.4, -0.2) is 32.1 Å². The summed E-state index contributed by atoms with van der Waals surface area (Å²) in [5.74, 6) is 0.0576. The highest BCUT2D eigenvalue weighted by atomic mass is 79.9. The molecule has 0 heterocycles. The molecule has 0 atom stereocenters. The van der Waals surface area contributed by atoms with Gasteiger partial charge < -0.3 is 15.5 Å². The first kappa shape index (κ1) is 17.0. The smallest absolute Gasteiger partial charge is 0.239 e. The standard InChI is InChI=1S/C15H24BrN3O/c1-4-17-10-12-7-8-13(9-14(12)16)19(6-3)11-15(20)18-5-2/h7-9,17H,4-6,10-11H2,1-3H3,(H,18,20). The second kappa shape index (κ2) is 8.97. The number of halogens is 1. The first-order valence-electron chi connectivity index (χ1n) is 7.13. The Bertz CT molecular complexity index is 437. The molecule has 0 saturated heterocycles. The first-order chi connectivity index (χ1) is 9.62. The molecular formula is C15H24BrN3O. The summed E-state index contributed by atoms with van der Waals surface area (Å²) in [7, 11) is 0. The molecule has 1 amide bonds. The predicted molar refractivity (Wildman–Crippen MR) is 88.1 cm³/mol. The van der Waals surface area contributed by atoms with Crippen molar-refractivity contribution in [2.24, 2.45) is 0 Å². The molecule has 0 spiro atoms. The maximum atomic E-state index is 11.7. The Hall–Kier alpha value is -1.07. The minimum Gasteiger partial charge on any atom is -0.362 e. The van der Waals surface area contributed by atoms with Gasteiger partial charge in [0.1, 0.15) is 0 Å². The topological polar surface area (TPSA) is 44.4 Å². The van der Waals surface area contributed by atoms with E-state index < -0.39 is 0 Å². The molecule has 0 aliphatic rings. The lowest BCUT2D eigenvalue weighted by atomic mass is 10.2. The van der Waals surface area contributed by atoms with Crippen molar-refractivity contribution in [3.05, 3.63) is 28.2 Å². The number of anilines is 1. The Morgan fingerprint density at radius 2 is 2.00 bits per heavy atom. The van der Waals surface area contributed by atoms with Crippen LogP contribution in [0.25, 0.3) is 0 Å². The molecule has 0 aromatic heterocycles. The van der Waals surface area contributed by atoms with Gasteiger partial charge in [0, 0.05) is 29.8 Å². The lowest BCUT2D eigenvalue weighted by Crippen LogP contribution is -2.37. The van der Waals surface area contributed by atoms with Gasteiger partial charge in [-0.05, 0) is 38.1 Å². The molecule has 0 radical (unpaired) electrons. The number of hydrogen-bond acceptors (Lipinski definition) is 3. The van der Waals surface area contributed by atoms with Crippen molar-refractivity contribution in [3.8, 4) is 0 Å². The van der Waals surface area contributed by atoms with E-state index in [-0.39, 0.29) is 5.91 Å². The fraction of sp³-hybridized carbons (Fsp3) is 0.533. The summed E-state index contributed by atoms with van der Waals surface area (Å²) in [5.41, 5.74) is 2.29. The van der Waals surface area contributed by atoms with E-state index in [4.69, 9.17) is 0 Å². The number of carbonyl (C=O) groups excluding carboxylic acids is 1. The van der Waals surface area contributed by atoms with Crippen molar-refractivity contribution in [1.29, 1.82) is 0 Å². The summed E-state index contributed by atoms with van der Waals surface area (Å²) in [6, 6.07) is 6.25. The average Bonchev–Trinajstić information content (AvgIpc) is 2.43. The lowest BCUT2D eigenvalue weighted by molar-refractivity contribution is -0.119. The van der Waals surface area contributed by atoms with E-state index in [0.29, 0.717) is 13.1 Å². The molecule has 0 saturated carbocycles. The Balaban J connectivity index is 2.78. The van der Waals surface area contributed by atoms with Crippen LogP contribution in [0.1, 0.15) is 26.3 Å². The van der Waals surface area contributed by atoms with Crippen LogP contribution in [0.15, 0.2) is 22.7 Å². The number of nitrogens with one attached hydrogen (secondary N) is 2. The predicted octanol–water partition coefficient (Wildman–Crippen LogP) is 2.52. The quantitative estimate of drug-likeness (QED) is 0.763. The fourth-order valence-electron chi connectivity index (χ4n) is 1.95. The van der Waals surface area contributed by atoms with Crippen molar-refractivity contribution in [2.45, 2.75) is 27.3 Å². The van der Waals surface area contributed by atoms with Crippen LogP contribution < -0.4 is 15.5 Å². The van der Waals surface area contributed by atoms with Crippen molar-refractivity contribution < 1.29 is 4.79 Å². The zero-order chi connectivity index (χ0) is 15.0. The minimum atomic E-state index is 0.0576. The SMILES string of the molecule is CCNCc1ccc(N(CC)CC(=O)NCC)cc1Br.